The van der Waals surface area contributed by atoms with Crippen molar-refractivity contribution in [2.24, 2.45) is 0 Å². The SMILES string of the molecule is O=C(Nc1ccc(N2CCN(Cc3ccccc3)CC2)cc1)c1cc(C(F)(F)F)ccc1-c1ccccc1. The molecule has 0 spiro atoms. The second-order valence-electron chi connectivity index (χ2n) is 9.37. The van der Waals surface area contributed by atoms with Crippen LogP contribution in [0.2, 0.25) is 0 Å². The third-order valence-electron chi connectivity index (χ3n) is 6.79. The Morgan fingerprint density at radius 2 is 1.39 bits per heavy atom. The predicted octanol–water partition coefficient (Wildman–Crippen LogP) is 6.95. The molecule has 4 aromatic rings. The molecule has 1 heterocycles. The Balaban J connectivity index is 1.26. The van der Waals surface area contributed by atoms with Gasteiger partial charge in [-0.15, -0.1) is 0 Å². The summed E-state index contributed by atoms with van der Waals surface area (Å²) >= 11 is 0. The Morgan fingerprint density at radius 3 is 2.03 bits per heavy atom. The number of carbonyl (C=O) groups excluding carboxylic acids is 1. The van der Waals surface area contributed by atoms with Crippen molar-refractivity contribution in [3.05, 3.63) is 120 Å². The summed E-state index contributed by atoms with van der Waals surface area (Å²) in [6.07, 6.45) is -4.54. The molecule has 1 aliphatic rings. The summed E-state index contributed by atoms with van der Waals surface area (Å²) in [7, 11) is 0. The molecule has 0 aliphatic carbocycles. The van der Waals surface area contributed by atoms with Crippen LogP contribution in [0.4, 0.5) is 24.5 Å². The highest BCUT2D eigenvalue weighted by Crippen LogP contribution is 2.34. The zero-order chi connectivity index (χ0) is 26.5. The number of nitrogens with zero attached hydrogens (tertiary/aromatic N) is 2. The summed E-state index contributed by atoms with van der Waals surface area (Å²) in [6.45, 7) is 4.61. The molecule has 1 fully saturated rings. The van der Waals surface area contributed by atoms with Crippen LogP contribution >= 0.6 is 0 Å². The van der Waals surface area contributed by atoms with E-state index in [1.807, 2.05) is 24.3 Å². The summed E-state index contributed by atoms with van der Waals surface area (Å²) in [4.78, 5) is 17.9. The zero-order valence-electron chi connectivity index (χ0n) is 20.8. The summed E-state index contributed by atoms with van der Waals surface area (Å²) in [5.74, 6) is -0.586. The quantitative estimate of drug-likeness (QED) is 0.302. The lowest BCUT2D eigenvalue weighted by atomic mass is 9.96. The summed E-state index contributed by atoms with van der Waals surface area (Å²) in [5.41, 5.74) is 3.12. The van der Waals surface area contributed by atoms with Gasteiger partial charge in [0.15, 0.2) is 0 Å². The fourth-order valence-corrected chi connectivity index (χ4v) is 4.74. The van der Waals surface area contributed by atoms with E-state index in [-0.39, 0.29) is 5.56 Å². The molecular formula is C31H28F3N3O. The van der Waals surface area contributed by atoms with Gasteiger partial charge >= 0.3 is 6.18 Å². The molecule has 1 N–H and O–H groups in total. The second-order valence-corrected chi connectivity index (χ2v) is 9.37. The van der Waals surface area contributed by atoms with E-state index in [9.17, 15) is 18.0 Å². The lowest BCUT2D eigenvalue weighted by molar-refractivity contribution is -0.137. The van der Waals surface area contributed by atoms with Crippen molar-refractivity contribution < 1.29 is 18.0 Å². The van der Waals surface area contributed by atoms with E-state index < -0.39 is 17.6 Å². The minimum Gasteiger partial charge on any atom is -0.369 e. The van der Waals surface area contributed by atoms with Crippen molar-refractivity contribution in [2.75, 3.05) is 36.4 Å². The molecule has 1 saturated heterocycles. The average Bonchev–Trinajstić information content (AvgIpc) is 2.94. The van der Waals surface area contributed by atoms with Gasteiger partial charge < -0.3 is 10.2 Å². The van der Waals surface area contributed by atoms with Crippen molar-refractivity contribution in [1.82, 2.24) is 4.90 Å². The number of benzene rings is 4. The second kappa shape index (κ2) is 11.1. The number of rotatable bonds is 6. The Kier molecular flexibility index (Phi) is 7.47. The van der Waals surface area contributed by atoms with E-state index in [0.29, 0.717) is 16.8 Å². The number of hydrogen-bond donors (Lipinski definition) is 1. The highest BCUT2D eigenvalue weighted by molar-refractivity contribution is 6.09. The number of alkyl halides is 3. The minimum absolute atomic E-state index is 0.0235. The van der Waals surface area contributed by atoms with Crippen LogP contribution in [-0.4, -0.2) is 37.0 Å². The Labute approximate surface area is 220 Å². The maximum absolute atomic E-state index is 13.4. The Bertz CT molecular complexity index is 1370. The topological polar surface area (TPSA) is 35.6 Å². The van der Waals surface area contributed by atoms with E-state index in [1.165, 1.54) is 11.6 Å². The molecule has 0 atom stereocenters. The van der Waals surface area contributed by atoms with Crippen molar-refractivity contribution in [2.45, 2.75) is 12.7 Å². The number of halogens is 3. The maximum Gasteiger partial charge on any atom is 0.416 e. The number of hydrogen-bond acceptors (Lipinski definition) is 3. The van der Waals surface area contributed by atoms with E-state index in [2.05, 4.69) is 39.4 Å². The molecule has 1 amide bonds. The van der Waals surface area contributed by atoms with Crippen molar-refractivity contribution in [1.29, 1.82) is 0 Å². The molecule has 0 radical (unpaired) electrons. The van der Waals surface area contributed by atoms with Gasteiger partial charge in [-0.25, -0.2) is 0 Å². The van der Waals surface area contributed by atoms with Gasteiger partial charge in [-0.3, -0.25) is 9.69 Å². The largest absolute Gasteiger partial charge is 0.416 e. The van der Waals surface area contributed by atoms with Crippen LogP contribution in [0.1, 0.15) is 21.5 Å². The third kappa shape index (κ3) is 6.06. The van der Waals surface area contributed by atoms with Crippen LogP contribution in [0.25, 0.3) is 11.1 Å². The molecule has 1 aliphatic heterocycles. The smallest absolute Gasteiger partial charge is 0.369 e. The molecule has 0 unspecified atom stereocenters. The average molecular weight is 516 g/mol. The number of piperazine rings is 1. The summed E-state index contributed by atoms with van der Waals surface area (Å²) in [5, 5.41) is 2.78. The first-order valence-electron chi connectivity index (χ1n) is 12.6. The Morgan fingerprint density at radius 1 is 0.763 bits per heavy atom. The van der Waals surface area contributed by atoms with Gasteiger partial charge in [0, 0.05) is 49.7 Å². The first kappa shape index (κ1) is 25.5. The fourth-order valence-electron chi connectivity index (χ4n) is 4.74. The molecular weight excluding hydrogens is 487 g/mol. The van der Waals surface area contributed by atoms with Gasteiger partial charge in [-0.1, -0.05) is 66.7 Å². The third-order valence-corrected chi connectivity index (χ3v) is 6.79. The van der Waals surface area contributed by atoms with Crippen LogP contribution in [0.15, 0.2) is 103 Å². The fraction of sp³-hybridized carbons (Fsp3) is 0.194. The summed E-state index contributed by atoms with van der Waals surface area (Å²) in [6, 6.07) is 30.1. The van der Waals surface area contributed by atoms with Crippen LogP contribution in [0, 0.1) is 0 Å². The highest BCUT2D eigenvalue weighted by atomic mass is 19.4. The van der Waals surface area contributed by atoms with E-state index in [4.69, 9.17) is 0 Å². The normalized spacial score (nSPS) is 14.3. The van der Waals surface area contributed by atoms with Gasteiger partial charge in [-0.05, 0) is 53.1 Å². The molecule has 194 valence electrons. The lowest BCUT2D eigenvalue weighted by Crippen LogP contribution is -2.45. The van der Waals surface area contributed by atoms with Gasteiger partial charge in [0.05, 0.1) is 5.56 Å². The van der Waals surface area contributed by atoms with Crippen molar-refractivity contribution in [3.8, 4) is 11.1 Å². The van der Waals surface area contributed by atoms with Crippen molar-refractivity contribution >= 4 is 17.3 Å². The first-order chi connectivity index (χ1) is 18.4. The molecule has 4 nitrogen and oxygen atoms in total. The van der Waals surface area contributed by atoms with E-state index in [0.717, 1.165) is 50.5 Å². The van der Waals surface area contributed by atoms with Gasteiger partial charge in [0.1, 0.15) is 0 Å². The molecule has 4 aromatic carbocycles. The van der Waals surface area contributed by atoms with Gasteiger partial charge in [-0.2, -0.15) is 13.2 Å². The minimum atomic E-state index is -4.54. The Hall–Kier alpha value is -4.10. The van der Waals surface area contributed by atoms with Crippen molar-refractivity contribution in [3.63, 3.8) is 0 Å². The number of anilines is 2. The first-order valence-corrected chi connectivity index (χ1v) is 12.6. The molecule has 7 heteroatoms. The molecule has 38 heavy (non-hydrogen) atoms. The van der Waals surface area contributed by atoms with Crippen LogP contribution < -0.4 is 10.2 Å². The predicted molar refractivity (Wildman–Crippen MR) is 145 cm³/mol. The van der Waals surface area contributed by atoms with E-state index in [1.54, 1.807) is 36.4 Å². The highest BCUT2D eigenvalue weighted by Gasteiger charge is 2.32. The van der Waals surface area contributed by atoms with Gasteiger partial charge in [0.25, 0.3) is 5.91 Å². The molecule has 0 saturated carbocycles. The number of nitrogens with one attached hydrogen (secondary N) is 1. The molecule has 0 aromatic heterocycles. The lowest BCUT2D eigenvalue weighted by Gasteiger charge is -2.36. The van der Waals surface area contributed by atoms with Crippen LogP contribution in [-0.2, 0) is 12.7 Å². The van der Waals surface area contributed by atoms with Gasteiger partial charge in [0.2, 0.25) is 0 Å². The standard InChI is InChI=1S/C31H28F3N3O/c32-31(33,34)25-11-16-28(24-9-5-2-6-10-24)29(21-25)30(38)35-26-12-14-27(15-13-26)37-19-17-36(18-20-37)22-23-7-3-1-4-8-23/h1-16,21H,17-20,22H2,(H,35,38). The molecule has 0 bridgehead atoms. The number of amides is 1. The van der Waals surface area contributed by atoms with Crippen LogP contribution in [0.5, 0.6) is 0 Å². The summed E-state index contributed by atoms with van der Waals surface area (Å²) < 4.78 is 40.2. The molecule has 5 rings (SSSR count). The maximum atomic E-state index is 13.4. The van der Waals surface area contributed by atoms with Crippen LogP contribution in [0.3, 0.4) is 0 Å². The van der Waals surface area contributed by atoms with E-state index >= 15 is 0 Å². The monoisotopic (exact) mass is 515 g/mol. The zero-order valence-corrected chi connectivity index (χ0v) is 20.8. The number of carbonyl (C=O) groups is 1.